The van der Waals surface area contributed by atoms with Gasteiger partial charge in [-0.25, -0.2) is 4.98 Å². The van der Waals surface area contributed by atoms with Gasteiger partial charge in [-0.1, -0.05) is 0 Å². The average Bonchev–Trinajstić information content (AvgIpc) is 2.98. The van der Waals surface area contributed by atoms with Crippen LogP contribution in [0.5, 0.6) is 11.5 Å². The van der Waals surface area contributed by atoms with Crippen molar-refractivity contribution in [3.05, 3.63) is 42.0 Å². The Morgan fingerprint density at radius 1 is 1.32 bits per heavy atom. The second-order valence-electron chi connectivity index (χ2n) is 6.01. The zero-order valence-electron chi connectivity index (χ0n) is 14.8. The van der Waals surface area contributed by atoms with Crippen molar-refractivity contribution in [3.8, 4) is 11.5 Å². The number of benzene rings is 1. The lowest BCUT2D eigenvalue weighted by Gasteiger charge is -2.32. The van der Waals surface area contributed by atoms with E-state index in [2.05, 4.69) is 4.98 Å². The summed E-state index contributed by atoms with van der Waals surface area (Å²) in [5.41, 5.74) is 0.937. The molecule has 25 heavy (non-hydrogen) atoms. The Kier molecular flexibility index (Phi) is 5.23. The molecular formula is C18H23N3O4. The van der Waals surface area contributed by atoms with Gasteiger partial charge in [-0.15, -0.1) is 0 Å². The van der Waals surface area contributed by atoms with Crippen LogP contribution >= 0.6 is 0 Å². The number of aromatic nitrogens is 2. The Bertz CT molecular complexity index is 726. The van der Waals surface area contributed by atoms with Gasteiger partial charge in [-0.3, -0.25) is 4.79 Å². The van der Waals surface area contributed by atoms with E-state index in [0.717, 1.165) is 17.3 Å². The molecule has 1 aromatic carbocycles. The van der Waals surface area contributed by atoms with Gasteiger partial charge in [-0.2, -0.15) is 0 Å². The van der Waals surface area contributed by atoms with Crippen molar-refractivity contribution in [2.24, 2.45) is 7.05 Å². The van der Waals surface area contributed by atoms with Crippen LogP contribution in [-0.4, -0.2) is 53.8 Å². The molecule has 0 saturated carbocycles. The molecule has 1 amide bonds. The highest BCUT2D eigenvalue weighted by atomic mass is 16.5. The second-order valence-corrected chi connectivity index (χ2v) is 6.01. The molecular weight excluding hydrogens is 322 g/mol. The van der Waals surface area contributed by atoms with Crippen molar-refractivity contribution in [1.29, 1.82) is 0 Å². The fraction of sp³-hybridized carbons (Fsp3) is 0.444. The Morgan fingerprint density at radius 2 is 2.04 bits per heavy atom. The number of ether oxygens (including phenoxy) is 3. The van der Waals surface area contributed by atoms with E-state index >= 15 is 0 Å². The summed E-state index contributed by atoms with van der Waals surface area (Å²) in [4.78, 5) is 18.7. The highest BCUT2D eigenvalue weighted by Gasteiger charge is 2.28. The molecule has 3 rings (SSSR count). The van der Waals surface area contributed by atoms with Gasteiger partial charge in [-0.05, 0) is 31.2 Å². The first-order valence-corrected chi connectivity index (χ1v) is 8.23. The molecule has 0 aliphatic carbocycles. The van der Waals surface area contributed by atoms with Crippen molar-refractivity contribution in [1.82, 2.24) is 14.5 Å². The van der Waals surface area contributed by atoms with E-state index in [1.165, 1.54) is 0 Å². The maximum Gasteiger partial charge on any atom is 0.260 e. The average molecular weight is 345 g/mol. The molecule has 2 aromatic rings. The fourth-order valence-electron chi connectivity index (χ4n) is 2.87. The molecule has 134 valence electrons. The number of carbonyl (C=O) groups excluding carboxylic acids is 1. The summed E-state index contributed by atoms with van der Waals surface area (Å²) in [6, 6.07) is 7.16. The topological polar surface area (TPSA) is 65.8 Å². The summed E-state index contributed by atoms with van der Waals surface area (Å²) in [7, 11) is 3.55. The minimum absolute atomic E-state index is 0.00135. The van der Waals surface area contributed by atoms with E-state index in [1.807, 2.05) is 24.7 Å². The number of hydrogen-bond donors (Lipinski definition) is 0. The Labute approximate surface area is 147 Å². The first-order valence-electron chi connectivity index (χ1n) is 8.23. The minimum atomic E-state index is -0.211. The van der Waals surface area contributed by atoms with Crippen molar-refractivity contribution < 1.29 is 19.0 Å². The molecule has 7 heteroatoms. The number of morpholine rings is 1. The van der Waals surface area contributed by atoms with Gasteiger partial charge in [0.1, 0.15) is 23.4 Å². The van der Waals surface area contributed by atoms with E-state index in [0.29, 0.717) is 25.4 Å². The number of carbonyl (C=O) groups is 1. The first kappa shape index (κ1) is 17.3. The van der Waals surface area contributed by atoms with E-state index in [1.54, 1.807) is 36.3 Å². The van der Waals surface area contributed by atoms with Crippen LogP contribution in [0.3, 0.4) is 0 Å². The van der Waals surface area contributed by atoms with Crippen LogP contribution in [0.2, 0.25) is 0 Å². The van der Waals surface area contributed by atoms with E-state index in [9.17, 15) is 4.79 Å². The summed E-state index contributed by atoms with van der Waals surface area (Å²) in [6.07, 6.45) is 1.74. The summed E-state index contributed by atoms with van der Waals surface area (Å²) in [5.74, 6) is 2.17. The molecule has 0 radical (unpaired) electrons. The summed E-state index contributed by atoms with van der Waals surface area (Å²) < 4.78 is 18.4. The molecule has 1 fully saturated rings. The number of imidazole rings is 1. The lowest BCUT2D eigenvalue weighted by Crippen LogP contribution is -2.44. The summed E-state index contributed by atoms with van der Waals surface area (Å²) >= 11 is 0. The van der Waals surface area contributed by atoms with Gasteiger partial charge in [0.2, 0.25) is 0 Å². The highest BCUT2D eigenvalue weighted by Crippen LogP contribution is 2.22. The van der Waals surface area contributed by atoms with Crippen LogP contribution in [0.25, 0.3) is 0 Å². The van der Waals surface area contributed by atoms with Crippen LogP contribution in [0.1, 0.15) is 17.6 Å². The van der Waals surface area contributed by atoms with Crippen molar-refractivity contribution >= 4 is 5.91 Å². The SMILES string of the molecule is COc1ccc(OCC(=O)N2CCO[C@H](c3nc(C)cn3C)C2)cc1. The van der Waals surface area contributed by atoms with Crippen molar-refractivity contribution in [2.75, 3.05) is 33.4 Å². The third-order valence-corrected chi connectivity index (χ3v) is 4.16. The Morgan fingerprint density at radius 3 is 2.68 bits per heavy atom. The first-order chi connectivity index (χ1) is 12.1. The van der Waals surface area contributed by atoms with Gasteiger partial charge >= 0.3 is 0 Å². The summed E-state index contributed by atoms with van der Waals surface area (Å²) in [6.45, 7) is 3.47. The van der Waals surface area contributed by atoms with E-state index in [4.69, 9.17) is 14.2 Å². The smallest absolute Gasteiger partial charge is 0.260 e. The maximum absolute atomic E-state index is 12.5. The molecule has 0 unspecified atom stereocenters. The molecule has 1 aliphatic heterocycles. The quantitative estimate of drug-likeness (QED) is 0.825. The number of methoxy groups -OCH3 is 1. The molecule has 2 heterocycles. The molecule has 1 saturated heterocycles. The molecule has 1 aliphatic rings. The number of aryl methyl sites for hydroxylation is 2. The zero-order chi connectivity index (χ0) is 17.8. The summed E-state index contributed by atoms with van der Waals surface area (Å²) in [5, 5.41) is 0. The predicted octanol–water partition coefficient (Wildman–Crippen LogP) is 1.72. The molecule has 0 bridgehead atoms. The highest BCUT2D eigenvalue weighted by molar-refractivity contribution is 5.78. The Hall–Kier alpha value is -2.54. The fourth-order valence-corrected chi connectivity index (χ4v) is 2.87. The molecule has 0 spiro atoms. The number of amides is 1. The molecule has 0 N–H and O–H groups in total. The van der Waals surface area contributed by atoms with Crippen LogP contribution in [0, 0.1) is 6.92 Å². The van der Waals surface area contributed by atoms with Crippen molar-refractivity contribution in [2.45, 2.75) is 13.0 Å². The largest absolute Gasteiger partial charge is 0.497 e. The normalized spacial score (nSPS) is 17.4. The van der Waals surface area contributed by atoms with E-state index < -0.39 is 0 Å². The standard InChI is InChI=1S/C18H23N3O4/c1-13-10-20(2)18(19-13)16-11-21(8-9-24-16)17(22)12-25-15-6-4-14(23-3)5-7-15/h4-7,10,16H,8-9,11-12H2,1-3H3/t16-/m0/s1. The molecule has 1 atom stereocenters. The predicted molar refractivity (Wildman–Crippen MR) is 91.7 cm³/mol. The lowest BCUT2D eigenvalue weighted by atomic mass is 10.2. The zero-order valence-corrected chi connectivity index (χ0v) is 14.8. The van der Waals surface area contributed by atoms with Gasteiger partial charge in [0.15, 0.2) is 6.61 Å². The number of nitrogens with zero attached hydrogens (tertiary/aromatic N) is 3. The van der Waals surface area contributed by atoms with Crippen LogP contribution in [0.15, 0.2) is 30.5 Å². The van der Waals surface area contributed by atoms with Crippen molar-refractivity contribution in [3.63, 3.8) is 0 Å². The second kappa shape index (κ2) is 7.57. The third kappa shape index (κ3) is 4.11. The van der Waals surface area contributed by atoms with Gasteiger partial charge in [0.25, 0.3) is 5.91 Å². The Balaban J connectivity index is 1.57. The van der Waals surface area contributed by atoms with Crippen LogP contribution in [0.4, 0.5) is 0 Å². The van der Waals surface area contributed by atoms with Gasteiger partial charge in [0.05, 0.1) is 26.0 Å². The maximum atomic E-state index is 12.5. The van der Waals surface area contributed by atoms with Gasteiger partial charge in [0, 0.05) is 19.8 Å². The van der Waals surface area contributed by atoms with Crippen LogP contribution < -0.4 is 9.47 Å². The third-order valence-electron chi connectivity index (χ3n) is 4.16. The molecule has 7 nitrogen and oxygen atoms in total. The minimum Gasteiger partial charge on any atom is -0.497 e. The lowest BCUT2D eigenvalue weighted by molar-refractivity contribution is -0.141. The van der Waals surface area contributed by atoms with Gasteiger partial charge < -0.3 is 23.7 Å². The molecule has 1 aromatic heterocycles. The number of hydrogen-bond acceptors (Lipinski definition) is 5. The number of rotatable bonds is 5. The van der Waals surface area contributed by atoms with Crippen LogP contribution in [-0.2, 0) is 16.6 Å². The monoisotopic (exact) mass is 345 g/mol. The van der Waals surface area contributed by atoms with E-state index in [-0.39, 0.29) is 18.6 Å².